The van der Waals surface area contributed by atoms with Crippen LogP contribution in [0.2, 0.25) is 0 Å². The Morgan fingerprint density at radius 1 is 0.803 bits per heavy atom. The molecule has 36 nitrogen and oxygen atoms in total. The minimum atomic E-state index is -5.51. The number of anilines is 2. The number of hydrogen-bond donors (Lipinski definition) is 12. The molecule has 0 aliphatic carbocycles. The molecule has 17 atom stereocenters. The number of guanidine groups is 1. The number of nitrogens with two attached hydrogens (primary N) is 2. The van der Waals surface area contributed by atoms with Crippen LogP contribution in [0.4, 0.5) is 11.6 Å². The summed E-state index contributed by atoms with van der Waals surface area (Å²) in [5.74, 6) is -0.807. The van der Waals surface area contributed by atoms with E-state index in [4.69, 9.17) is 53.2 Å². The normalized spacial score (nSPS) is 31.8. The molecule has 0 amide bonds. The van der Waals surface area contributed by atoms with Gasteiger partial charge in [0.2, 0.25) is 18.1 Å². The summed E-state index contributed by atoms with van der Waals surface area (Å²) >= 11 is 0. The summed E-state index contributed by atoms with van der Waals surface area (Å²) in [7, 11) is -17.1. The quantitative estimate of drug-likeness (QED) is 0.0253. The number of aromatic nitrogens is 8. The lowest BCUT2D eigenvalue weighted by Gasteiger charge is -2.26. The summed E-state index contributed by atoms with van der Waals surface area (Å²) < 4.78 is 112. The number of aryl methyl sites for hydroxylation is 1. The number of ether oxygens (including phenoxy) is 5. The first-order valence-electron chi connectivity index (χ1n) is 22.5. The number of aliphatic hydroxyl groups is 4. The summed E-state index contributed by atoms with van der Waals surface area (Å²) in [5, 5.41) is 46.0. The number of rotatable bonds is 23. The van der Waals surface area contributed by atoms with E-state index in [1.54, 1.807) is 7.05 Å². The maximum Gasteiger partial charge on any atom is 0.479 e. The van der Waals surface area contributed by atoms with Gasteiger partial charge in [-0.3, -0.25) is 46.2 Å². The van der Waals surface area contributed by atoms with Gasteiger partial charge in [0.15, 0.2) is 30.2 Å². The molecule has 3 fully saturated rings. The van der Waals surface area contributed by atoms with Crippen LogP contribution in [-0.2, 0) is 71.4 Å². The molecule has 0 saturated carbocycles. The lowest BCUT2D eigenvalue weighted by Crippen LogP contribution is -2.48. The first-order valence-corrected chi connectivity index (χ1v) is 29.0. The SMILES string of the molecule is COCC[C@H]1[C@@H](O)[C@H]([n+]2cn(C)c3c2NC(N)=NC3O)O[C@@H]1COP(=O)(O)OP(=O)(O)CCP(=O)(O)OC[C@H]1O[C@@H](n2cnc3c(N)ncnc32)[C@H](OC)[C@@H]1OP(=O)(O)OC[C@H]1O[C@@H](n2ccc(=O)[nH]c2=O)[C@H](O)[C@@H]1O. The van der Waals surface area contributed by atoms with Gasteiger partial charge in [-0.15, -0.1) is 0 Å². The Morgan fingerprint density at radius 3 is 2.20 bits per heavy atom. The van der Waals surface area contributed by atoms with Crippen molar-refractivity contribution < 1.29 is 109 Å². The van der Waals surface area contributed by atoms with E-state index < -0.39 is 154 Å². The molecule has 4 aliphatic heterocycles. The summed E-state index contributed by atoms with van der Waals surface area (Å²) in [6.07, 6.45) is -15.7. The summed E-state index contributed by atoms with van der Waals surface area (Å²) in [6.45, 7) is -2.67. The maximum absolute atomic E-state index is 13.6. The highest BCUT2D eigenvalue weighted by molar-refractivity contribution is 7.64. The van der Waals surface area contributed by atoms with Crippen molar-refractivity contribution in [1.29, 1.82) is 0 Å². The Hall–Kier alpha value is -4.29. The van der Waals surface area contributed by atoms with Crippen molar-refractivity contribution >= 4 is 59.6 Å². The molecule has 8 rings (SSSR count). The van der Waals surface area contributed by atoms with Crippen LogP contribution in [0, 0.1) is 5.92 Å². The van der Waals surface area contributed by atoms with E-state index in [0.717, 1.165) is 30.3 Å². The highest BCUT2D eigenvalue weighted by Crippen LogP contribution is 2.62. The highest BCUT2D eigenvalue weighted by Gasteiger charge is 2.53. The number of hydrogen-bond acceptors (Lipinski definition) is 27. The Labute approximate surface area is 427 Å². The predicted octanol–water partition coefficient (Wildman–Crippen LogP) is -3.52. The van der Waals surface area contributed by atoms with Crippen LogP contribution in [0.3, 0.4) is 0 Å². The lowest BCUT2D eigenvalue weighted by molar-refractivity contribution is -0.753. The zero-order valence-corrected chi connectivity index (χ0v) is 43.6. The van der Waals surface area contributed by atoms with Crippen molar-refractivity contribution in [3.63, 3.8) is 0 Å². The van der Waals surface area contributed by atoms with Crippen LogP contribution >= 0.6 is 30.8 Å². The van der Waals surface area contributed by atoms with Gasteiger partial charge in [-0.2, -0.15) is 4.99 Å². The first kappa shape index (κ1) is 57.9. The van der Waals surface area contributed by atoms with Gasteiger partial charge in [0.1, 0.15) is 54.6 Å². The minimum Gasteiger partial charge on any atom is -0.387 e. The lowest BCUT2D eigenvalue weighted by atomic mass is 9.95. The number of methoxy groups -OCH3 is 2. The number of imidazole rings is 2. The topological polar surface area (TPSA) is 506 Å². The summed E-state index contributed by atoms with van der Waals surface area (Å²) in [4.78, 5) is 85.0. The van der Waals surface area contributed by atoms with Crippen LogP contribution in [0.15, 0.2) is 45.8 Å². The fourth-order valence-corrected chi connectivity index (χ4v) is 14.5. The zero-order valence-electron chi connectivity index (χ0n) is 40.0. The number of phosphoric acid groups is 2. The van der Waals surface area contributed by atoms with Crippen LogP contribution in [0.25, 0.3) is 11.2 Å². The van der Waals surface area contributed by atoms with Crippen molar-refractivity contribution in [3.05, 3.63) is 57.8 Å². The average molecular weight is 1160 g/mol. The van der Waals surface area contributed by atoms with Crippen LogP contribution in [0.1, 0.15) is 37.0 Å². The van der Waals surface area contributed by atoms with Gasteiger partial charge >= 0.3 is 36.5 Å². The maximum atomic E-state index is 13.6. The Bertz CT molecular complexity index is 3110. The Morgan fingerprint density at radius 2 is 1.49 bits per heavy atom. The van der Waals surface area contributed by atoms with Crippen molar-refractivity contribution in [2.75, 3.05) is 64.0 Å². The average Bonchev–Trinajstić information content (AvgIpc) is 4.20. The monoisotopic (exact) mass is 1160 g/mol. The number of phosphoric ester groups is 2. The molecular weight excluding hydrogens is 1110 g/mol. The fraction of sp³-hybridized carbons (Fsp3) is 0.639. The molecular formula is C36H55N12O24P4+. The zero-order chi connectivity index (χ0) is 55.2. The second kappa shape index (κ2) is 22.8. The molecule has 0 spiro atoms. The number of fused-ring (bicyclic) bond motifs is 2. The second-order valence-electron chi connectivity index (χ2n) is 17.5. The van der Waals surface area contributed by atoms with Gasteiger partial charge in [-0.1, -0.05) is 0 Å². The van der Waals surface area contributed by atoms with E-state index >= 15 is 0 Å². The van der Waals surface area contributed by atoms with Gasteiger partial charge in [0.25, 0.3) is 17.3 Å². The van der Waals surface area contributed by atoms with E-state index in [-0.39, 0.29) is 47.5 Å². The molecule has 4 aromatic rings. The van der Waals surface area contributed by atoms with Crippen molar-refractivity contribution in [3.8, 4) is 0 Å². The molecule has 0 aromatic carbocycles. The predicted molar refractivity (Wildman–Crippen MR) is 250 cm³/mol. The molecule has 0 radical (unpaired) electrons. The number of aromatic amines is 1. The molecule has 4 aromatic heterocycles. The molecule has 76 heavy (non-hydrogen) atoms. The molecule has 40 heteroatoms. The summed E-state index contributed by atoms with van der Waals surface area (Å²) in [6, 6.07) is 0.943. The molecule has 14 N–H and O–H groups in total. The minimum absolute atomic E-state index is 0.0480. The molecule has 422 valence electrons. The number of aliphatic imine (C=N–C) groups is 1. The van der Waals surface area contributed by atoms with E-state index in [0.29, 0.717) is 0 Å². The van der Waals surface area contributed by atoms with Crippen molar-refractivity contribution in [2.45, 2.75) is 80.2 Å². The number of aliphatic hydroxyl groups excluding tert-OH is 4. The number of nitrogens with zero attached hydrogens (tertiary/aromatic N) is 8. The second-order valence-corrected chi connectivity index (χ2v) is 24.4. The van der Waals surface area contributed by atoms with Gasteiger partial charge in [-0.05, 0) is 6.42 Å². The molecule has 5 unspecified atom stereocenters. The third-order valence-corrected chi connectivity index (χ3v) is 18.2. The number of nitrogens with one attached hydrogen (secondary N) is 2. The molecule has 3 saturated heterocycles. The Balaban J connectivity index is 0.911. The molecule has 4 aliphatic rings. The summed E-state index contributed by atoms with van der Waals surface area (Å²) in [5.41, 5.74) is 10.4. The first-order chi connectivity index (χ1) is 35.7. The van der Waals surface area contributed by atoms with Crippen molar-refractivity contribution in [2.24, 2.45) is 23.7 Å². The third-order valence-electron chi connectivity index (χ3n) is 12.5. The van der Waals surface area contributed by atoms with Gasteiger partial charge in [0, 0.05) is 39.0 Å². The standard InChI is InChI=1S/C36H54N12O24P4/c1-45-15-48(30-22(45)31(53)44-35(38)43-30)32-23(50)16(5-7-63-2)17(68-32)10-67-76(61,62)72-74(57,58)9-8-73(55,56)65-12-19-26(27(64-3)34(70-19)47-14-41-21-28(37)39-13-40-29(21)47)71-75(59,60)66-11-18-24(51)25(52)33(69-18)46-6-4-20(49)42-36(46)54/h4,6,13-19,23-27,31-34,50-53H,5,7-12H2,1-3H3,(H9-,37,38,39,40,42,43,44,49,54,55,56,57,58,59,60,61,62)/p+1/t16-,17-,18-,19-,23-,24-,25-,26-,27-,31?,32-,33-,34-/m1/s1. The van der Waals surface area contributed by atoms with E-state index in [1.807, 2.05) is 4.98 Å². The fourth-order valence-electron chi connectivity index (χ4n) is 8.85. The largest absolute Gasteiger partial charge is 0.479 e. The van der Waals surface area contributed by atoms with Crippen molar-refractivity contribution in [1.82, 2.24) is 33.6 Å². The molecule has 8 heterocycles. The smallest absolute Gasteiger partial charge is 0.387 e. The number of nitrogen functional groups attached to an aromatic ring is 1. The van der Waals surface area contributed by atoms with E-state index in [1.165, 1.54) is 33.5 Å². The third kappa shape index (κ3) is 12.6. The van der Waals surface area contributed by atoms with Crippen LogP contribution < -0.4 is 32.6 Å². The highest BCUT2D eigenvalue weighted by atomic mass is 31.3. The van der Waals surface area contributed by atoms with E-state index in [9.17, 15) is 67.8 Å². The van der Waals surface area contributed by atoms with Crippen LogP contribution in [0.5, 0.6) is 0 Å². The number of H-pyrrole nitrogens is 1. The van der Waals surface area contributed by atoms with Gasteiger partial charge < -0.3 is 79.7 Å². The Kier molecular flexibility index (Phi) is 17.4. The van der Waals surface area contributed by atoms with E-state index in [2.05, 4.69) is 29.6 Å². The van der Waals surface area contributed by atoms with Gasteiger partial charge in [0.05, 0.1) is 51.6 Å². The van der Waals surface area contributed by atoms with Crippen LogP contribution in [-0.4, -0.2) is 181 Å². The van der Waals surface area contributed by atoms with Gasteiger partial charge in [-0.25, -0.2) is 43.1 Å². The molecule has 0 bridgehead atoms.